The van der Waals surface area contributed by atoms with Crippen molar-refractivity contribution in [3.05, 3.63) is 80.5 Å². The van der Waals surface area contributed by atoms with Gasteiger partial charge in [-0.15, -0.1) is 0 Å². The van der Waals surface area contributed by atoms with Gasteiger partial charge in [-0.3, -0.25) is 20.2 Å². The first-order chi connectivity index (χ1) is 12.9. The van der Waals surface area contributed by atoms with E-state index in [0.717, 1.165) is 0 Å². The Kier molecular flexibility index (Phi) is 4.88. The highest BCUT2D eigenvalue weighted by atomic mass is 16.6. The van der Waals surface area contributed by atoms with E-state index in [2.05, 4.69) is 9.97 Å². The summed E-state index contributed by atoms with van der Waals surface area (Å²) < 4.78 is 11.1. The molecule has 10 heteroatoms. The number of non-ortho nitro benzene ring substituents is 2. The number of hydrogen-bond donors (Lipinski definition) is 0. The maximum absolute atomic E-state index is 10.7. The monoisotopic (exact) mass is 368 g/mol. The molecule has 0 saturated heterocycles. The fraction of sp³-hybridized carbons (Fsp3) is 0.0588. The lowest BCUT2D eigenvalue weighted by atomic mass is 10.3. The van der Waals surface area contributed by atoms with E-state index in [4.69, 9.17) is 9.47 Å². The predicted molar refractivity (Wildman–Crippen MR) is 93.1 cm³/mol. The lowest BCUT2D eigenvalue weighted by Gasteiger charge is -2.09. The Labute approximate surface area is 152 Å². The molecule has 1 heterocycles. The fourth-order valence-electron chi connectivity index (χ4n) is 2.05. The Morgan fingerprint density at radius 1 is 0.815 bits per heavy atom. The van der Waals surface area contributed by atoms with E-state index in [-0.39, 0.29) is 23.3 Å². The Hall–Kier alpha value is -4.08. The number of nitro groups is 2. The smallest absolute Gasteiger partial charge is 0.325 e. The Morgan fingerprint density at radius 2 is 1.30 bits per heavy atom. The van der Waals surface area contributed by atoms with Crippen LogP contribution in [0.3, 0.4) is 0 Å². The van der Waals surface area contributed by atoms with Crippen molar-refractivity contribution in [3.63, 3.8) is 0 Å². The van der Waals surface area contributed by atoms with Crippen molar-refractivity contribution in [1.29, 1.82) is 0 Å². The summed E-state index contributed by atoms with van der Waals surface area (Å²) in [7, 11) is 0. The summed E-state index contributed by atoms with van der Waals surface area (Å²) in [6.45, 7) is 1.73. The molecule has 0 bridgehead atoms. The summed E-state index contributed by atoms with van der Waals surface area (Å²) in [5.74, 6) is 0.908. The molecule has 0 unspecified atom stereocenters. The van der Waals surface area contributed by atoms with Gasteiger partial charge in [0.2, 0.25) is 5.88 Å². The molecule has 10 nitrogen and oxygen atoms in total. The minimum Gasteiger partial charge on any atom is -0.439 e. The van der Waals surface area contributed by atoms with Crippen LogP contribution in [0.25, 0.3) is 0 Å². The third-order valence-corrected chi connectivity index (χ3v) is 3.42. The van der Waals surface area contributed by atoms with Crippen molar-refractivity contribution < 1.29 is 19.3 Å². The van der Waals surface area contributed by atoms with E-state index in [1.807, 2.05) is 0 Å². The summed E-state index contributed by atoms with van der Waals surface area (Å²) in [6.07, 6.45) is 1.49. The third-order valence-electron chi connectivity index (χ3n) is 3.42. The van der Waals surface area contributed by atoms with Crippen LogP contribution in [0.4, 0.5) is 11.4 Å². The van der Waals surface area contributed by atoms with Gasteiger partial charge in [-0.05, 0) is 31.2 Å². The van der Waals surface area contributed by atoms with E-state index in [9.17, 15) is 20.2 Å². The highest BCUT2D eigenvalue weighted by Crippen LogP contribution is 2.27. The van der Waals surface area contributed by atoms with Gasteiger partial charge in [-0.25, -0.2) is 4.98 Å². The topological polar surface area (TPSA) is 131 Å². The molecule has 3 aromatic rings. The average Bonchev–Trinajstić information content (AvgIpc) is 2.65. The van der Waals surface area contributed by atoms with Gasteiger partial charge in [-0.1, -0.05) is 0 Å². The van der Waals surface area contributed by atoms with Crippen LogP contribution in [0.15, 0.2) is 54.7 Å². The standard InChI is InChI=1S/C17H12N4O6/c1-11-10-18-17(27-15-8-4-13(5-9-15)21(24)25)19-16(11)26-14-6-2-12(3-7-14)20(22)23/h2-10H,1H3. The number of aromatic nitrogens is 2. The van der Waals surface area contributed by atoms with Gasteiger partial charge in [0.25, 0.3) is 11.4 Å². The molecule has 0 amide bonds. The van der Waals surface area contributed by atoms with E-state index < -0.39 is 9.85 Å². The quantitative estimate of drug-likeness (QED) is 0.467. The molecule has 3 rings (SSSR count). The number of nitrogens with zero attached hydrogens (tertiary/aromatic N) is 4. The number of hydrogen-bond acceptors (Lipinski definition) is 8. The van der Waals surface area contributed by atoms with Crippen LogP contribution in [0.5, 0.6) is 23.4 Å². The second kappa shape index (κ2) is 7.44. The molecule has 0 aliphatic carbocycles. The minimum atomic E-state index is -0.512. The van der Waals surface area contributed by atoms with Gasteiger partial charge < -0.3 is 9.47 Å². The zero-order chi connectivity index (χ0) is 19.4. The van der Waals surface area contributed by atoms with Crippen LogP contribution in [0.2, 0.25) is 0 Å². The highest BCUT2D eigenvalue weighted by Gasteiger charge is 2.11. The van der Waals surface area contributed by atoms with Gasteiger partial charge in [0.15, 0.2) is 0 Å². The molecular formula is C17H12N4O6. The van der Waals surface area contributed by atoms with E-state index >= 15 is 0 Å². The van der Waals surface area contributed by atoms with Crippen molar-refractivity contribution in [2.24, 2.45) is 0 Å². The third kappa shape index (κ3) is 4.31. The molecule has 0 spiro atoms. The zero-order valence-electron chi connectivity index (χ0n) is 13.9. The number of nitro benzene ring substituents is 2. The van der Waals surface area contributed by atoms with Crippen LogP contribution >= 0.6 is 0 Å². The summed E-state index contributed by atoms with van der Waals surface area (Å²) in [5, 5.41) is 21.4. The maximum Gasteiger partial charge on any atom is 0.325 e. The first-order valence-corrected chi connectivity index (χ1v) is 7.60. The highest BCUT2D eigenvalue weighted by molar-refractivity contribution is 5.39. The second-order valence-electron chi connectivity index (χ2n) is 5.35. The number of ether oxygens (including phenoxy) is 2. The van der Waals surface area contributed by atoms with Crippen LogP contribution in [0, 0.1) is 27.2 Å². The van der Waals surface area contributed by atoms with Gasteiger partial charge >= 0.3 is 6.01 Å². The van der Waals surface area contributed by atoms with Crippen molar-refractivity contribution in [2.45, 2.75) is 6.92 Å². The lowest BCUT2D eigenvalue weighted by Crippen LogP contribution is -1.97. The van der Waals surface area contributed by atoms with Gasteiger partial charge in [0, 0.05) is 36.0 Å². The molecule has 0 saturated carbocycles. The molecule has 0 aliphatic rings. The molecule has 136 valence electrons. The van der Waals surface area contributed by atoms with Crippen molar-refractivity contribution >= 4 is 11.4 Å². The molecule has 1 aromatic heterocycles. The Bertz CT molecular complexity index is 989. The fourth-order valence-corrected chi connectivity index (χ4v) is 2.05. The largest absolute Gasteiger partial charge is 0.439 e. The van der Waals surface area contributed by atoms with E-state index in [1.54, 1.807) is 6.92 Å². The average molecular weight is 368 g/mol. The second-order valence-corrected chi connectivity index (χ2v) is 5.35. The van der Waals surface area contributed by atoms with Crippen LogP contribution in [-0.2, 0) is 0 Å². The molecule has 0 N–H and O–H groups in total. The predicted octanol–water partition coefficient (Wildman–Crippen LogP) is 4.19. The van der Waals surface area contributed by atoms with Gasteiger partial charge in [0.1, 0.15) is 11.5 Å². The van der Waals surface area contributed by atoms with Crippen molar-refractivity contribution in [3.8, 4) is 23.4 Å². The Morgan fingerprint density at radius 3 is 1.78 bits per heavy atom. The SMILES string of the molecule is Cc1cnc(Oc2ccc([N+](=O)[O-])cc2)nc1Oc1ccc([N+](=O)[O-])cc1. The number of aryl methyl sites for hydroxylation is 1. The van der Waals surface area contributed by atoms with Crippen LogP contribution in [-0.4, -0.2) is 19.8 Å². The summed E-state index contributed by atoms with van der Waals surface area (Å²) >= 11 is 0. The maximum atomic E-state index is 10.7. The first-order valence-electron chi connectivity index (χ1n) is 7.60. The molecule has 27 heavy (non-hydrogen) atoms. The Balaban J connectivity index is 1.77. The first kappa shape index (κ1) is 17.7. The number of rotatable bonds is 6. The van der Waals surface area contributed by atoms with Crippen molar-refractivity contribution in [1.82, 2.24) is 9.97 Å². The molecule has 0 radical (unpaired) electrons. The molecule has 2 aromatic carbocycles. The lowest BCUT2D eigenvalue weighted by molar-refractivity contribution is -0.385. The normalized spacial score (nSPS) is 10.3. The van der Waals surface area contributed by atoms with Crippen LogP contribution < -0.4 is 9.47 Å². The van der Waals surface area contributed by atoms with E-state index in [0.29, 0.717) is 17.1 Å². The summed E-state index contributed by atoms with van der Waals surface area (Å²) in [6, 6.07) is 11.0. The molecular weight excluding hydrogens is 356 g/mol. The van der Waals surface area contributed by atoms with Crippen LogP contribution in [0.1, 0.15) is 5.56 Å². The van der Waals surface area contributed by atoms with Gasteiger partial charge in [0.05, 0.1) is 9.85 Å². The number of benzene rings is 2. The molecule has 0 aliphatic heterocycles. The molecule has 0 atom stereocenters. The van der Waals surface area contributed by atoms with Crippen molar-refractivity contribution in [2.75, 3.05) is 0 Å². The van der Waals surface area contributed by atoms with Gasteiger partial charge in [-0.2, -0.15) is 4.98 Å². The summed E-state index contributed by atoms with van der Waals surface area (Å²) in [5.41, 5.74) is 0.516. The zero-order valence-corrected chi connectivity index (χ0v) is 13.9. The van der Waals surface area contributed by atoms with E-state index in [1.165, 1.54) is 54.7 Å². The molecule has 0 fully saturated rings. The summed E-state index contributed by atoms with van der Waals surface area (Å²) in [4.78, 5) is 28.5. The minimum absolute atomic E-state index is 0.00800.